The molecule has 0 saturated carbocycles. The first-order valence-corrected chi connectivity index (χ1v) is 18.3. The number of hydrogen-bond acceptors (Lipinski definition) is 9. The highest BCUT2D eigenvalue weighted by Crippen LogP contribution is 2.39. The van der Waals surface area contributed by atoms with Gasteiger partial charge in [0.1, 0.15) is 18.1 Å². The zero-order valence-corrected chi connectivity index (χ0v) is 30.5. The molecular formula is C43H39N9O2. The average Bonchev–Trinajstić information content (AvgIpc) is 3.80. The number of likely N-dealkylation sites (N-methyl/N-ethyl adjacent to an activating group) is 1. The fourth-order valence-corrected chi connectivity index (χ4v) is 7.37. The summed E-state index contributed by atoms with van der Waals surface area (Å²) in [5, 5.41) is 0. The van der Waals surface area contributed by atoms with Gasteiger partial charge in [-0.05, 0) is 112 Å². The molecule has 54 heavy (non-hydrogen) atoms. The molecule has 8 aromatic rings. The Kier molecular flexibility index (Phi) is 8.66. The molecule has 0 spiro atoms. The molecular weight excluding hydrogens is 675 g/mol. The molecule has 11 heteroatoms. The minimum Gasteiger partial charge on any atom is -0.493 e. The van der Waals surface area contributed by atoms with Crippen molar-refractivity contribution < 1.29 is 9.47 Å². The summed E-state index contributed by atoms with van der Waals surface area (Å²) in [4.78, 5) is 29.5. The molecule has 2 aliphatic rings. The van der Waals surface area contributed by atoms with Gasteiger partial charge < -0.3 is 14.4 Å². The van der Waals surface area contributed by atoms with E-state index >= 15 is 0 Å². The van der Waals surface area contributed by atoms with Crippen LogP contribution in [0.2, 0.25) is 0 Å². The minimum atomic E-state index is 0.684. The topological polar surface area (TPSA) is 108 Å². The maximum absolute atomic E-state index is 5.86. The van der Waals surface area contributed by atoms with Crippen molar-refractivity contribution in [2.24, 2.45) is 0 Å². The lowest BCUT2D eigenvalue weighted by Crippen LogP contribution is -2.32. The largest absolute Gasteiger partial charge is 0.493 e. The van der Waals surface area contributed by atoms with Gasteiger partial charge in [-0.25, -0.2) is 19.9 Å². The number of fused-ring (bicyclic) bond motifs is 4. The number of anilines is 1. The highest BCUT2D eigenvalue weighted by atomic mass is 16.5. The van der Waals surface area contributed by atoms with Crippen molar-refractivity contribution >= 4 is 17.2 Å². The van der Waals surface area contributed by atoms with Gasteiger partial charge in [0.15, 0.2) is 0 Å². The highest BCUT2D eigenvalue weighted by Gasteiger charge is 2.22. The molecule has 268 valence electrons. The van der Waals surface area contributed by atoms with Crippen LogP contribution in [0.3, 0.4) is 0 Å². The number of hydrogen-bond donors (Lipinski definition) is 0. The number of aryl methyl sites for hydroxylation is 3. The number of rotatable bonds is 5. The van der Waals surface area contributed by atoms with E-state index in [0.717, 1.165) is 113 Å². The number of ether oxygens (including phenoxy) is 2. The Morgan fingerprint density at radius 2 is 1.20 bits per heavy atom. The maximum atomic E-state index is 5.86. The fourth-order valence-electron chi connectivity index (χ4n) is 7.37. The molecule has 2 aliphatic heterocycles. The van der Waals surface area contributed by atoms with Gasteiger partial charge >= 0.3 is 0 Å². The van der Waals surface area contributed by atoms with Gasteiger partial charge in [-0.15, -0.1) is 0 Å². The van der Waals surface area contributed by atoms with Crippen molar-refractivity contribution in [3.8, 4) is 56.5 Å². The molecule has 0 atom stereocenters. The van der Waals surface area contributed by atoms with E-state index in [4.69, 9.17) is 19.4 Å². The van der Waals surface area contributed by atoms with Crippen molar-refractivity contribution in [3.63, 3.8) is 0 Å². The molecule has 10 rings (SSSR count). The van der Waals surface area contributed by atoms with Crippen LogP contribution in [0, 0.1) is 13.8 Å². The summed E-state index contributed by atoms with van der Waals surface area (Å²) in [5.74, 6) is 3.31. The van der Waals surface area contributed by atoms with E-state index in [1.165, 1.54) is 5.56 Å². The molecule has 0 radical (unpaired) electrons. The Labute approximate surface area is 313 Å². The molecule has 0 aliphatic carbocycles. The Balaban J connectivity index is 0.000000143. The first-order chi connectivity index (χ1) is 26.5. The van der Waals surface area contributed by atoms with Crippen LogP contribution >= 0.6 is 0 Å². The molecule has 0 saturated heterocycles. The number of nitrogens with zero attached hydrogens (tertiary/aromatic N) is 9. The van der Waals surface area contributed by atoms with Crippen LogP contribution in [-0.4, -0.2) is 65.0 Å². The monoisotopic (exact) mass is 713 g/mol. The minimum absolute atomic E-state index is 0.684. The quantitative estimate of drug-likeness (QED) is 0.175. The van der Waals surface area contributed by atoms with Gasteiger partial charge in [0, 0.05) is 77.4 Å². The van der Waals surface area contributed by atoms with Crippen LogP contribution in [0.25, 0.3) is 56.6 Å². The second-order valence-electron chi connectivity index (χ2n) is 13.5. The van der Waals surface area contributed by atoms with Crippen molar-refractivity contribution in [2.75, 3.05) is 31.2 Å². The van der Waals surface area contributed by atoms with Crippen LogP contribution in [0.1, 0.15) is 30.3 Å². The molecule has 11 nitrogen and oxygen atoms in total. The highest BCUT2D eigenvalue weighted by molar-refractivity contribution is 5.84. The van der Waals surface area contributed by atoms with E-state index in [-0.39, 0.29) is 0 Å². The van der Waals surface area contributed by atoms with E-state index < -0.39 is 0 Å². The molecule has 6 aromatic heterocycles. The summed E-state index contributed by atoms with van der Waals surface area (Å²) in [6.45, 7) is 9.53. The molecule has 0 amide bonds. The number of benzene rings is 2. The van der Waals surface area contributed by atoms with Crippen LogP contribution in [-0.2, 0) is 6.42 Å². The fraction of sp³-hybridized carbons (Fsp3) is 0.209. The second kappa shape index (κ2) is 14.1. The zero-order chi connectivity index (χ0) is 36.6. The lowest BCUT2D eigenvalue weighted by molar-refractivity contribution is 0.288. The third kappa shape index (κ3) is 6.17. The standard InChI is InChI=1S/C22H21N5O.C21H18N4O/c1-3-26-11-12-28-19-6-5-17(14-18(19)26)21-20(16-7-9-23-15(2)13-16)25-22-24-8-4-10-27(21)22;1-14-12-16(7-9-22-14)19-20(25-10-3-8-23-21(25)24-19)17-5-6-18-15(13-17)4-2-11-26-18/h4-10,13-14H,3,11-12H2,1-2H3;3,5-10,12-13H,2,4,11H2,1H3. The van der Waals surface area contributed by atoms with E-state index in [0.29, 0.717) is 11.6 Å². The predicted octanol–water partition coefficient (Wildman–Crippen LogP) is 8.08. The van der Waals surface area contributed by atoms with Gasteiger partial charge in [0.25, 0.3) is 0 Å². The van der Waals surface area contributed by atoms with Crippen LogP contribution < -0.4 is 14.4 Å². The lowest BCUT2D eigenvalue weighted by atomic mass is 9.99. The first kappa shape index (κ1) is 33.2. The molecule has 0 bridgehead atoms. The van der Waals surface area contributed by atoms with E-state index in [9.17, 15) is 0 Å². The molecule has 8 heterocycles. The third-order valence-electron chi connectivity index (χ3n) is 9.90. The van der Waals surface area contributed by atoms with Gasteiger partial charge in [-0.1, -0.05) is 0 Å². The van der Waals surface area contributed by atoms with Crippen molar-refractivity contribution in [1.82, 2.24) is 38.7 Å². The summed E-state index contributed by atoms with van der Waals surface area (Å²) in [6.07, 6.45) is 13.3. The SMILES string of the molecule is CCN1CCOc2ccc(-c3c(-c4ccnc(C)c4)nc4ncccn34)cc21.Cc1cc(-c2nc3ncccn3c2-c2ccc3c(c2)CCCO3)ccn1. The van der Waals surface area contributed by atoms with E-state index in [1.54, 1.807) is 12.4 Å². The van der Waals surface area contributed by atoms with Crippen LogP contribution in [0.4, 0.5) is 5.69 Å². The summed E-state index contributed by atoms with van der Waals surface area (Å²) >= 11 is 0. The third-order valence-corrected chi connectivity index (χ3v) is 9.90. The summed E-state index contributed by atoms with van der Waals surface area (Å²) in [5.41, 5.74) is 12.5. The van der Waals surface area contributed by atoms with Gasteiger partial charge in [-0.2, -0.15) is 0 Å². The van der Waals surface area contributed by atoms with Gasteiger partial charge in [0.05, 0.1) is 41.6 Å². The zero-order valence-electron chi connectivity index (χ0n) is 30.5. The molecule has 2 aromatic carbocycles. The lowest BCUT2D eigenvalue weighted by Gasteiger charge is -2.30. The molecule has 0 unspecified atom stereocenters. The Bertz CT molecular complexity index is 2650. The van der Waals surface area contributed by atoms with Crippen molar-refractivity contribution in [2.45, 2.75) is 33.6 Å². The first-order valence-electron chi connectivity index (χ1n) is 18.3. The van der Waals surface area contributed by atoms with Crippen molar-refractivity contribution in [1.29, 1.82) is 0 Å². The van der Waals surface area contributed by atoms with E-state index in [2.05, 4.69) is 84.7 Å². The Morgan fingerprint density at radius 1 is 0.611 bits per heavy atom. The van der Waals surface area contributed by atoms with Crippen LogP contribution in [0.15, 0.2) is 110 Å². The predicted molar refractivity (Wildman–Crippen MR) is 210 cm³/mol. The number of pyridine rings is 2. The summed E-state index contributed by atoms with van der Waals surface area (Å²) in [7, 11) is 0. The number of aromatic nitrogens is 8. The Hall–Kier alpha value is -6.62. The normalized spacial score (nSPS) is 13.4. The summed E-state index contributed by atoms with van der Waals surface area (Å²) < 4.78 is 15.7. The number of imidazole rings is 2. The van der Waals surface area contributed by atoms with Gasteiger partial charge in [-0.3, -0.25) is 18.8 Å². The van der Waals surface area contributed by atoms with Crippen LogP contribution in [0.5, 0.6) is 11.5 Å². The maximum Gasteiger partial charge on any atom is 0.234 e. The summed E-state index contributed by atoms with van der Waals surface area (Å²) in [6, 6.07) is 24.8. The molecule has 0 fully saturated rings. The van der Waals surface area contributed by atoms with Gasteiger partial charge in [0.2, 0.25) is 11.6 Å². The molecule has 0 N–H and O–H groups in total. The Morgan fingerprint density at radius 3 is 1.81 bits per heavy atom. The van der Waals surface area contributed by atoms with Crippen molar-refractivity contribution in [3.05, 3.63) is 127 Å². The average molecular weight is 714 g/mol. The second-order valence-corrected chi connectivity index (χ2v) is 13.5. The van der Waals surface area contributed by atoms with E-state index in [1.807, 2.05) is 67.3 Å². The smallest absolute Gasteiger partial charge is 0.234 e.